The van der Waals surface area contributed by atoms with Crippen LogP contribution in [0.3, 0.4) is 0 Å². The zero-order valence-corrected chi connectivity index (χ0v) is 13.8. The third kappa shape index (κ3) is 2.05. The van der Waals surface area contributed by atoms with Crippen molar-refractivity contribution in [2.75, 3.05) is 0 Å². The molecule has 0 saturated carbocycles. The van der Waals surface area contributed by atoms with E-state index in [1.807, 2.05) is 13.8 Å². The third-order valence-corrected chi connectivity index (χ3v) is 5.01. The Morgan fingerprint density at radius 2 is 1.78 bits per heavy atom. The highest BCUT2D eigenvalue weighted by atomic mass is 14.3. The van der Waals surface area contributed by atoms with Crippen LogP contribution in [-0.2, 0) is 0 Å². The van der Waals surface area contributed by atoms with Crippen LogP contribution in [0.25, 0.3) is 16.3 Å². The minimum Gasteiger partial charge on any atom is -0.0836 e. The van der Waals surface area contributed by atoms with Crippen LogP contribution in [0.4, 0.5) is 0 Å². The summed E-state index contributed by atoms with van der Waals surface area (Å²) in [5, 5.41) is 2.83. The van der Waals surface area contributed by atoms with Crippen molar-refractivity contribution in [2.45, 2.75) is 32.6 Å². The number of allylic oxidation sites excluding steroid dienone is 8. The molecule has 1 atom stereocenters. The molecule has 0 bridgehead atoms. The minimum atomic E-state index is 0.522. The van der Waals surface area contributed by atoms with Gasteiger partial charge < -0.3 is 0 Å². The summed E-state index contributed by atoms with van der Waals surface area (Å²) in [5.74, 6) is 0.522. The molecule has 0 saturated heterocycles. The van der Waals surface area contributed by atoms with E-state index in [2.05, 4.69) is 66.8 Å². The number of hydrogen-bond acceptors (Lipinski definition) is 0. The van der Waals surface area contributed by atoms with Crippen molar-refractivity contribution in [3.63, 3.8) is 0 Å². The average Bonchev–Trinajstić information content (AvgIpc) is 2.85. The number of benzene rings is 2. The van der Waals surface area contributed by atoms with Crippen molar-refractivity contribution in [2.24, 2.45) is 0 Å². The fraction of sp³-hybridized carbons (Fsp3) is 0.217. The molecule has 0 fully saturated rings. The SMILES string of the molecule is C1=CCC2C3=C(C=CCC3=C1)c1cccc3cccc2c13.CC. The van der Waals surface area contributed by atoms with Crippen molar-refractivity contribution in [1.29, 1.82) is 0 Å². The molecule has 0 N–H and O–H groups in total. The number of fused-ring (bicyclic) bond motifs is 2. The van der Waals surface area contributed by atoms with Crippen molar-refractivity contribution < 1.29 is 0 Å². The van der Waals surface area contributed by atoms with Crippen molar-refractivity contribution >= 4 is 16.3 Å². The van der Waals surface area contributed by atoms with Gasteiger partial charge in [0.15, 0.2) is 0 Å². The molecule has 3 aliphatic carbocycles. The van der Waals surface area contributed by atoms with Crippen LogP contribution >= 0.6 is 0 Å². The Morgan fingerprint density at radius 3 is 2.65 bits per heavy atom. The first kappa shape index (κ1) is 14.3. The summed E-state index contributed by atoms with van der Waals surface area (Å²) in [6, 6.07) is 13.5. The predicted octanol–water partition coefficient (Wildman–Crippen LogP) is 6.56. The van der Waals surface area contributed by atoms with Gasteiger partial charge in [-0.05, 0) is 51.5 Å². The second-order valence-corrected chi connectivity index (χ2v) is 6.09. The second-order valence-electron chi connectivity index (χ2n) is 6.09. The third-order valence-electron chi connectivity index (χ3n) is 5.01. The van der Waals surface area contributed by atoms with Gasteiger partial charge in [-0.2, -0.15) is 0 Å². The molecule has 3 aliphatic rings. The molecule has 23 heavy (non-hydrogen) atoms. The van der Waals surface area contributed by atoms with E-state index >= 15 is 0 Å². The van der Waals surface area contributed by atoms with Gasteiger partial charge in [0, 0.05) is 5.92 Å². The second kappa shape index (κ2) is 5.70. The van der Waals surface area contributed by atoms with Gasteiger partial charge in [0.1, 0.15) is 0 Å². The Kier molecular flexibility index (Phi) is 3.53. The predicted molar refractivity (Wildman–Crippen MR) is 101 cm³/mol. The number of hydrogen-bond donors (Lipinski definition) is 0. The molecule has 2 aromatic rings. The van der Waals surface area contributed by atoms with Crippen LogP contribution in [0.15, 0.2) is 77.9 Å². The van der Waals surface area contributed by atoms with E-state index in [4.69, 9.17) is 0 Å². The maximum Gasteiger partial charge on any atom is 0.0139 e. The van der Waals surface area contributed by atoms with Crippen molar-refractivity contribution in [1.82, 2.24) is 0 Å². The highest BCUT2D eigenvalue weighted by molar-refractivity contribution is 6.03. The molecule has 114 valence electrons. The topological polar surface area (TPSA) is 0 Å². The van der Waals surface area contributed by atoms with Gasteiger partial charge >= 0.3 is 0 Å². The van der Waals surface area contributed by atoms with E-state index in [1.165, 1.54) is 33.0 Å². The van der Waals surface area contributed by atoms with E-state index in [9.17, 15) is 0 Å². The fourth-order valence-electron chi connectivity index (χ4n) is 4.16. The van der Waals surface area contributed by atoms with Gasteiger partial charge in [0.2, 0.25) is 0 Å². The lowest BCUT2D eigenvalue weighted by Crippen LogP contribution is -2.13. The smallest absolute Gasteiger partial charge is 0.0139 e. The van der Waals surface area contributed by atoms with Crippen LogP contribution in [0, 0.1) is 0 Å². The average molecular weight is 298 g/mol. The molecule has 0 aliphatic heterocycles. The summed E-state index contributed by atoms with van der Waals surface area (Å²) < 4.78 is 0. The van der Waals surface area contributed by atoms with Gasteiger partial charge in [-0.15, -0.1) is 0 Å². The first-order valence-electron chi connectivity index (χ1n) is 8.72. The maximum atomic E-state index is 2.34. The lowest BCUT2D eigenvalue weighted by molar-refractivity contribution is 0.817. The molecule has 0 radical (unpaired) electrons. The van der Waals surface area contributed by atoms with E-state index in [1.54, 1.807) is 5.57 Å². The Balaban J connectivity index is 0.000000652. The lowest BCUT2D eigenvalue weighted by atomic mass is 9.71. The highest BCUT2D eigenvalue weighted by Gasteiger charge is 2.31. The maximum absolute atomic E-state index is 2.34. The van der Waals surface area contributed by atoms with Gasteiger partial charge in [0.05, 0.1) is 0 Å². The molecule has 0 aromatic heterocycles. The molecule has 2 aromatic carbocycles. The summed E-state index contributed by atoms with van der Waals surface area (Å²) in [6.07, 6.45) is 13.7. The molecule has 5 rings (SSSR count). The Hall–Kier alpha value is -2.34. The summed E-state index contributed by atoms with van der Waals surface area (Å²) in [5.41, 5.74) is 7.43. The largest absolute Gasteiger partial charge is 0.0836 e. The van der Waals surface area contributed by atoms with E-state index in [0.29, 0.717) is 5.92 Å². The molecule has 0 spiro atoms. The van der Waals surface area contributed by atoms with Crippen LogP contribution in [0.5, 0.6) is 0 Å². The van der Waals surface area contributed by atoms with Crippen LogP contribution in [0.1, 0.15) is 43.7 Å². The normalized spacial score (nSPS) is 20.4. The van der Waals surface area contributed by atoms with Crippen molar-refractivity contribution in [3.8, 4) is 0 Å². The minimum absolute atomic E-state index is 0.522. The fourth-order valence-corrected chi connectivity index (χ4v) is 4.16. The van der Waals surface area contributed by atoms with Gasteiger partial charge in [-0.25, -0.2) is 0 Å². The number of rotatable bonds is 0. The van der Waals surface area contributed by atoms with Crippen molar-refractivity contribution in [3.05, 3.63) is 89.1 Å². The zero-order chi connectivity index (χ0) is 15.8. The summed E-state index contributed by atoms with van der Waals surface area (Å²) in [4.78, 5) is 0. The van der Waals surface area contributed by atoms with Gasteiger partial charge in [-0.1, -0.05) is 80.6 Å². The lowest BCUT2D eigenvalue weighted by Gasteiger charge is -2.32. The summed E-state index contributed by atoms with van der Waals surface area (Å²) in [7, 11) is 0. The summed E-state index contributed by atoms with van der Waals surface area (Å²) in [6.45, 7) is 4.00. The molecule has 0 nitrogen and oxygen atoms in total. The van der Waals surface area contributed by atoms with Gasteiger partial charge in [-0.3, -0.25) is 0 Å². The van der Waals surface area contributed by atoms with Gasteiger partial charge in [0.25, 0.3) is 0 Å². The van der Waals surface area contributed by atoms with E-state index in [0.717, 1.165) is 12.8 Å². The highest BCUT2D eigenvalue weighted by Crippen LogP contribution is 2.50. The zero-order valence-electron chi connectivity index (χ0n) is 13.8. The molecular formula is C23H22. The quantitative estimate of drug-likeness (QED) is 0.516. The Bertz CT molecular complexity index is 882. The Labute approximate surface area is 138 Å². The summed E-state index contributed by atoms with van der Waals surface area (Å²) >= 11 is 0. The van der Waals surface area contributed by atoms with Crippen LogP contribution in [-0.4, -0.2) is 0 Å². The van der Waals surface area contributed by atoms with Crippen LogP contribution < -0.4 is 0 Å². The monoisotopic (exact) mass is 298 g/mol. The molecule has 0 heteroatoms. The van der Waals surface area contributed by atoms with Crippen LogP contribution in [0.2, 0.25) is 0 Å². The first-order valence-corrected chi connectivity index (χ1v) is 8.72. The molecule has 0 heterocycles. The molecule has 0 amide bonds. The van der Waals surface area contributed by atoms with E-state index < -0.39 is 0 Å². The standard InChI is InChI=1S/C21H16.C2H6/c1-2-10-16-17-11-4-8-15-9-5-13-19(21(15)17)18-12-3-7-14(6-1)20(16)18;1-2/h1-6,8-9,11-13,16H,7,10H2;1-2H3. The van der Waals surface area contributed by atoms with E-state index in [-0.39, 0.29) is 0 Å². The first-order chi connectivity index (χ1) is 11.4. The molecular weight excluding hydrogens is 276 g/mol. The molecule has 1 unspecified atom stereocenters. The Morgan fingerprint density at radius 1 is 0.957 bits per heavy atom.